The van der Waals surface area contributed by atoms with Gasteiger partial charge in [-0.2, -0.15) is 5.26 Å². The Balaban J connectivity index is 3.56. The number of rotatable bonds is 5. The van der Waals surface area contributed by atoms with Crippen molar-refractivity contribution in [1.29, 1.82) is 5.26 Å². The Morgan fingerprint density at radius 1 is 1.40 bits per heavy atom. The van der Waals surface area contributed by atoms with Crippen LogP contribution in [-0.2, 0) is 4.79 Å². The van der Waals surface area contributed by atoms with Gasteiger partial charge in [-0.15, -0.1) is 0 Å². The van der Waals surface area contributed by atoms with Crippen LogP contribution in [0.15, 0.2) is 17.7 Å². The number of hydrogen-bond donors (Lipinski definition) is 1. The number of nitro benzene ring substituents is 1. The third-order valence-corrected chi connectivity index (χ3v) is 2.42. The molecule has 0 aromatic heterocycles. The largest absolute Gasteiger partial charge is 0.493 e. The van der Waals surface area contributed by atoms with Gasteiger partial charge in [0, 0.05) is 0 Å². The summed E-state index contributed by atoms with van der Waals surface area (Å²) in [6, 6.07) is 4.00. The van der Waals surface area contributed by atoms with E-state index in [1.807, 2.05) is 0 Å². The van der Waals surface area contributed by atoms with Gasteiger partial charge < -0.3 is 15.2 Å². The summed E-state index contributed by atoms with van der Waals surface area (Å²) >= 11 is 0. The van der Waals surface area contributed by atoms with Crippen molar-refractivity contribution in [3.05, 3.63) is 33.4 Å². The Morgan fingerprint density at radius 3 is 2.35 bits per heavy atom. The van der Waals surface area contributed by atoms with Crippen LogP contribution >= 0.6 is 0 Å². The maximum atomic E-state index is 11.0. The van der Waals surface area contributed by atoms with Gasteiger partial charge in [-0.1, -0.05) is 0 Å². The second kappa shape index (κ2) is 6.19. The Morgan fingerprint density at radius 2 is 1.95 bits per heavy atom. The zero-order valence-electron chi connectivity index (χ0n) is 10.7. The molecule has 0 aliphatic rings. The number of primary amides is 1. The number of methoxy groups -OCH3 is 2. The molecule has 8 nitrogen and oxygen atoms in total. The highest BCUT2D eigenvalue weighted by atomic mass is 16.6. The molecular weight excluding hydrogens is 266 g/mol. The molecule has 0 heterocycles. The van der Waals surface area contributed by atoms with Crippen LogP contribution in [0.3, 0.4) is 0 Å². The third kappa shape index (κ3) is 3.02. The van der Waals surface area contributed by atoms with Gasteiger partial charge in [0.15, 0.2) is 11.5 Å². The van der Waals surface area contributed by atoms with Gasteiger partial charge in [-0.05, 0) is 12.1 Å². The lowest BCUT2D eigenvalue weighted by Gasteiger charge is -2.08. The molecule has 1 aromatic rings. The van der Waals surface area contributed by atoms with E-state index < -0.39 is 16.4 Å². The van der Waals surface area contributed by atoms with E-state index in [0.29, 0.717) is 0 Å². The molecule has 0 saturated carbocycles. The number of nitrogens with two attached hydrogens (primary N) is 1. The molecule has 0 bridgehead atoms. The normalized spacial score (nSPS) is 10.6. The first kappa shape index (κ1) is 15.0. The van der Waals surface area contributed by atoms with Crippen molar-refractivity contribution in [3.63, 3.8) is 0 Å². The fraction of sp³-hybridized carbons (Fsp3) is 0.167. The minimum Gasteiger partial charge on any atom is -0.493 e. The number of nitriles is 1. The number of benzene rings is 1. The SMILES string of the molecule is COc1cc(C=C(C#N)C(N)=O)c([N+](=O)[O-])cc1OC. The first-order valence-electron chi connectivity index (χ1n) is 5.26. The van der Waals surface area contributed by atoms with Crippen LogP contribution in [0.4, 0.5) is 5.69 Å². The molecule has 0 fully saturated rings. The van der Waals surface area contributed by atoms with Crippen molar-refractivity contribution in [2.45, 2.75) is 0 Å². The summed E-state index contributed by atoms with van der Waals surface area (Å²) in [5, 5.41) is 19.8. The smallest absolute Gasteiger partial charge is 0.280 e. The Labute approximate surface area is 114 Å². The van der Waals surface area contributed by atoms with E-state index in [9.17, 15) is 14.9 Å². The van der Waals surface area contributed by atoms with Crippen molar-refractivity contribution in [2.24, 2.45) is 5.73 Å². The van der Waals surface area contributed by atoms with Gasteiger partial charge in [0.05, 0.1) is 30.8 Å². The van der Waals surface area contributed by atoms with E-state index >= 15 is 0 Å². The van der Waals surface area contributed by atoms with Crippen LogP contribution in [-0.4, -0.2) is 25.1 Å². The molecule has 0 aliphatic carbocycles. The molecule has 0 spiro atoms. The lowest BCUT2D eigenvalue weighted by Crippen LogP contribution is -2.12. The van der Waals surface area contributed by atoms with Crippen molar-refractivity contribution >= 4 is 17.7 Å². The van der Waals surface area contributed by atoms with Crippen LogP contribution in [0.25, 0.3) is 6.08 Å². The lowest BCUT2D eigenvalue weighted by molar-refractivity contribution is -0.385. The second-order valence-electron chi connectivity index (χ2n) is 3.56. The standard InChI is InChI=1S/C12H11N3O5/c1-19-10-4-7(3-8(6-13)12(14)16)9(15(17)18)5-11(10)20-2/h3-5H,1-2H3,(H2,14,16). The highest BCUT2D eigenvalue weighted by Crippen LogP contribution is 2.35. The topological polar surface area (TPSA) is 128 Å². The number of carbonyl (C=O) groups excluding carboxylic acids is 1. The first-order chi connectivity index (χ1) is 9.44. The van der Waals surface area contributed by atoms with Gasteiger partial charge in [-0.3, -0.25) is 14.9 Å². The first-order valence-corrected chi connectivity index (χ1v) is 5.26. The summed E-state index contributed by atoms with van der Waals surface area (Å²) in [6.07, 6.45) is 1.03. The molecule has 1 aromatic carbocycles. The zero-order valence-corrected chi connectivity index (χ0v) is 10.7. The van der Waals surface area contributed by atoms with Gasteiger partial charge in [-0.25, -0.2) is 0 Å². The highest BCUT2D eigenvalue weighted by Gasteiger charge is 2.19. The Kier molecular flexibility index (Phi) is 4.64. The van der Waals surface area contributed by atoms with Crippen LogP contribution in [0.5, 0.6) is 11.5 Å². The maximum absolute atomic E-state index is 11.0. The van der Waals surface area contributed by atoms with E-state index in [0.717, 1.165) is 12.1 Å². The number of nitrogens with zero attached hydrogens (tertiary/aromatic N) is 2. The average molecular weight is 277 g/mol. The minimum absolute atomic E-state index is 0.0167. The Hall–Kier alpha value is -3.08. The summed E-state index contributed by atoms with van der Waals surface area (Å²) in [6.45, 7) is 0. The fourth-order valence-corrected chi connectivity index (χ4v) is 1.47. The molecule has 0 saturated heterocycles. The number of ether oxygens (including phenoxy) is 2. The molecule has 8 heteroatoms. The molecule has 1 amide bonds. The number of hydrogen-bond acceptors (Lipinski definition) is 6. The second-order valence-corrected chi connectivity index (χ2v) is 3.56. The molecular formula is C12H11N3O5. The van der Waals surface area contributed by atoms with Crippen LogP contribution in [0, 0.1) is 21.4 Å². The minimum atomic E-state index is -0.975. The van der Waals surface area contributed by atoms with E-state index in [2.05, 4.69) is 0 Å². The molecule has 2 N–H and O–H groups in total. The van der Waals surface area contributed by atoms with E-state index in [1.54, 1.807) is 6.07 Å². The predicted molar refractivity (Wildman–Crippen MR) is 69.0 cm³/mol. The molecule has 20 heavy (non-hydrogen) atoms. The summed E-state index contributed by atoms with van der Waals surface area (Å²) in [7, 11) is 2.69. The van der Waals surface area contributed by atoms with Crippen molar-refractivity contribution in [3.8, 4) is 17.6 Å². The molecule has 0 atom stereocenters. The van der Waals surface area contributed by atoms with Gasteiger partial charge in [0.1, 0.15) is 11.6 Å². The summed E-state index contributed by atoms with van der Waals surface area (Å²) in [5.74, 6) is -0.586. The van der Waals surface area contributed by atoms with Gasteiger partial charge in [0.25, 0.3) is 11.6 Å². The highest BCUT2D eigenvalue weighted by molar-refractivity contribution is 6.01. The lowest BCUT2D eigenvalue weighted by atomic mass is 10.1. The summed E-state index contributed by atoms with van der Waals surface area (Å²) in [5.41, 5.74) is 4.27. The zero-order chi connectivity index (χ0) is 15.3. The molecule has 104 valence electrons. The summed E-state index contributed by atoms with van der Waals surface area (Å²) < 4.78 is 9.97. The fourth-order valence-electron chi connectivity index (χ4n) is 1.47. The third-order valence-electron chi connectivity index (χ3n) is 2.42. The van der Waals surface area contributed by atoms with Crippen LogP contribution < -0.4 is 15.2 Å². The van der Waals surface area contributed by atoms with Crippen molar-refractivity contribution < 1.29 is 19.2 Å². The van der Waals surface area contributed by atoms with E-state index in [1.165, 1.54) is 20.3 Å². The van der Waals surface area contributed by atoms with E-state index in [4.69, 9.17) is 20.5 Å². The van der Waals surface area contributed by atoms with Crippen molar-refractivity contribution in [2.75, 3.05) is 14.2 Å². The van der Waals surface area contributed by atoms with Gasteiger partial charge in [0.2, 0.25) is 0 Å². The monoisotopic (exact) mass is 277 g/mol. The van der Waals surface area contributed by atoms with E-state index in [-0.39, 0.29) is 22.7 Å². The molecule has 0 aliphatic heterocycles. The quantitative estimate of drug-likeness (QED) is 0.370. The number of amides is 1. The summed E-state index contributed by atoms with van der Waals surface area (Å²) in [4.78, 5) is 21.3. The molecule has 0 radical (unpaired) electrons. The predicted octanol–water partition coefficient (Wildman–Crippen LogP) is 1.00. The van der Waals surface area contributed by atoms with Crippen LogP contribution in [0.1, 0.15) is 5.56 Å². The average Bonchev–Trinajstić information content (AvgIpc) is 2.43. The molecule has 0 unspecified atom stereocenters. The van der Waals surface area contributed by atoms with Crippen molar-refractivity contribution in [1.82, 2.24) is 0 Å². The molecule has 1 rings (SSSR count). The van der Waals surface area contributed by atoms with Gasteiger partial charge >= 0.3 is 0 Å². The van der Waals surface area contributed by atoms with Crippen LogP contribution in [0.2, 0.25) is 0 Å². The number of carbonyl (C=O) groups is 1. The Bertz CT molecular complexity index is 631. The maximum Gasteiger partial charge on any atom is 0.280 e. The number of nitro groups is 1.